The average Bonchev–Trinajstić information content (AvgIpc) is 2.30. The lowest BCUT2D eigenvalue weighted by Gasteiger charge is -2.28. The summed E-state index contributed by atoms with van der Waals surface area (Å²) in [6.07, 6.45) is 0.171. The molecule has 0 aromatic heterocycles. The first-order valence-electron chi connectivity index (χ1n) is 6.17. The fraction of sp³-hybridized carbons (Fsp3) is 0.750. The third-order valence-corrected chi connectivity index (χ3v) is 2.66. The van der Waals surface area contributed by atoms with Crippen molar-refractivity contribution in [2.75, 3.05) is 20.1 Å². The predicted octanol–water partition coefficient (Wildman–Crippen LogP) is 0.00840. The Kier molecular flexibility index (Phi) is 7.74. The Morgan fingerprint density at radius 1 is 1.21 bits per heavy atom. The van der Waals surface area contributed by atoms with Crippen LogP contribution in [-0.2, 0) is 14.4 Å². The molecule has 1 amide bonds. The van der Waals surface area contributed by atoms with E-state index in [-0.39, 0.29) is 31.3 Å². The number of carbonyl (C=O) groups excluding carboxylic acids is 1. The number of likely N-dealkylation sites (N-methyl/N-ethyl adjacent to an activating group) is 1. The van der Waals surface area contributed by atoms with Gasteiger partial charge in [-0.15, -0.1) is 0 Å². The first kappa shape index (κ1) is 17.4. The van der Waals surface area contributed by atoms with Crippen molar-refractivity contribution in [2.45, 2.75) is 32.7 Å². The molecule has 7 heteroatoms. The number of aliphatic carboxylic acids is 2. The van der Waals surface area contributed by atoms with Crippen molar-refractivity contribution in [1.82, 2.24) is 10.2 Å². The highest BCUT2D eigenvalue weighted by atomic mass is 16.4. The van der Waals surface area contributed by atoms with Crippen molar-refractivity contribution in [3.05, 3.63) is 0 Å². The largest absolute Gasteiger partial charge is 0.481 e. The molecule has 19 heavy (non-hydrogen) atoms. The summed E-state index contributed by atoms with van der Waals surface area (Å²) in [5.74, 6) is -2.25. The van der Waals surface area contributed by atoms with E-state index >= 15 is 0 Å². The van der Waals surface area contributed by atoms with Crippen LogP contribution in [0.1, 0.15) is 26.7 Å². The van der Waals surface area contributed by atoms with Crippen molar-refractivity contribution < 1.29 is 24.6 Å². The van der Waals surface area contributed by atoms with Crippen molar-refractivity contribution in [3.63, 3.8) is 0 Å². The van der Waals surface area contributed by atoms with Gasteiger partial charge in [0.25, 0.3) is 0 Å². The lowest BCUT2D eigenvalue weighted by atomic mass is 10.0. The Labute approximate surface area is 112 Å². The molecule has 0 aromatic rings. The lowest BCUT2D eigenvalue weighted by molar-refractivity contribution is -0.146. The minimum atomic E-state index is -1.04. The molecule has 1 atom stereocenters. The number of rotatable bonds is 9. The van der Waals surface area contributed by atoms with Crippen molar-refractivity contribution in [1.29, 1.82) is 0 Å². The van der Waals surface area contributed by atoms with Gasteiger partial charge in [-0.25, -0.2) is 0 Å². The van der Waals surface area contributed by atoms with Gasteiger partial charge in [0.2, 0.25) is 5.91 Å². The molecule has 7 nitrogen and oxygen atoms in total. The van der Waals surface area contributed by atoms with Gasteiger partial charge in [-0.2, -0.15) is 0 Å². The Bertz CT molecular complexity index is 330. The Morgan fingerprint density at radius 2 is 1.79 bits per heavy atom. The average molecular weight is 274 g/mol. The molecule has 0 aliphatic heterocycles. The van der Waals surface area contributed by atoms with Gasteiger partial charge in [0.15, 0.2) is 0 Å². The molecule has 0 heterocycles. The number of carbonyl (C=O) groups is 3. The summed E-state index contributed by atoms with van der Waals surface area (Å²) >= 11 is 0. The highest BCUT2D eigenvalue weighted by Gasteiger charge is 2.28. The van der Waals surface area contributed by atoms with Crippen molar-refractivity contribution >= 4 is 17.8 Å². The van der Waals surface area contributed by atoms with E-state index < -0.39 is 18.0 Å². The molecular weight excluding hydrogens is 252 g/mol. The quantitative estimate of drug-likeness (QED) is 0.546. The van der Waals surface area contributed by atoms with E-state index in [9.17, 15) is 19.5 Å². The standard InChI is InChI=1S/C12H22N2O5/c1-8(2)6-9(12(18)19)14(5-4-11(16)17)7-10(15)13-3/h8-9H,4-7H2,1-3H3,(H,13,15)(H,16,17)(H,18,19). The van der Waals surface area contributed by atoms with Crippen LogP contribution in [0.5, 0.6) is 0 Å². The fourth-order valence-electron chi connectivity index (χ4n) is 1.70. The molecule has 1 unspecified atom stereocenters. The van der Waals surface area contributed by atoms with Crippen LogP contribution in [0.2, 0.25) is 0 Å². The molecular formula is C12H22N2O5. The zero-order valence-electron chi connectivity index (χ0n) is 11.5. The maximum Gasteiger partial charge on any atom is 0.320 e. The highest BCUT2D eigenvalue weighted by Crippen LogP contribution is 2.12. The fourth-order valence-corrected chi connectivity index (χ4v) is 1.70. The molecule has 3 N–H and O–H groups in total. The van der Waals surface area contributed by atoms with E-state index in [4.69, 9.17) is 5.11 Å². The zero-order valence-corrected chi connectivity index (χ0v) is 11.5. The molecule has 0 radical (unpaired) electrons. The van der Waals surface area contributed by atoms with E-state index in [1.165, 1.54) is 11.9 Å². The van der Waals surface area contributed by atoms with Gasteiger partial charge in [0, 0.05) is 13.6 Å². The Balaban J connectivity index is 4.86. The summed E-state index contributed by atoms with van der Waals surface area (Å²) in [5.41, 5.74) is 0. The van der Waals surface area contributed by atoms with Gasteiger partial charge in [-0.05, 0) is 12.3 Å². The van der Waals surface area contributed by atoms with Crippen molar-refractivity contribution in [3.8, 4) is 0 Å². The van der Waals surface area contributed by atoms with E-state index in [1.807, 2.05) is 13.8 Å². The molecule has 0 aliphatic rings. The van der Waals surface area contributed by atoms with Crippen LogP contribution in [0, 0.1) is 5.92 Å². The molecule has 0 saturated heterocycles. The second kappa shape index (κ2) is 8.47. The van der Waals surface area contributed by atoms with Crippen LogP contribution in [0.15, 0.2) is 0 Å². The number of hydrogen-bond acceptors (Lipinski definition) is 4. The van der Waals surface area contributed by atoms with Crippen LogP contribution in [0.3, 0.4) is 0 Å². The van der Waals surface area contributed by atoms with Gasteiger partial charge in [0.1, 0.15) is 6.04 Å². The summed E-state index contributed by atoms with van der Waals surface area (Å²) in [7, 11) is 1.45. The summed E-state index contributed by atoms with van der Waals surface area (Å²) < 4.78 is 0. The van der Waals surface area contributed by atoms with Gasteiger partial charge < -0.3 is 15.5 Å². The van der Waals surface area contributed by atoms with Crippen LogP contribution in [0.4, 0.5) is 0 Å². The first-order valence-corrected chi connectivity index (χ1v) is 6.17. The molecule has 0 fully saturated rings. The normalized spacial score (nSPS) is 12.5. The molecule has 0 aromatic carbocycles. The number of carboxylic acids is 2. The first-order chi connectivity index (χ1) is 8.77. The number of nitrogens with one attached hydrogen (secondary N) is 1. The van der Waals surface area contributed by atoms with Crippen LogP contribution >= 0.6 is 0 Å². The SMILES string of the molecule is CNC(=O)CN(CCC(=O)O)C(CC(C)C)C(=O)O. The van der Waals surface area contributed by atoms with E-state index in [0.717, 1.165) is 0 Å². The summed E-state index contributed by atoms with van der Waals surface area (Å²) in [6.45, 7) is 3.68. The minimum Gasteiger partial charge on any atom is -0.481 e. The molecule has 110 valence electrons. The van der Waals surface area contributed by atoms with E-state index in [1.54, 1.807) is 0 Å². The Morgan fingerprint density at radius 3 is 2.16 bits per heavy atom. The maximum absolute atomic E-state index is 11.4. The second-order valence-corrected chi connectivity index (χ2v) is 4.77. The van der Waals surface area contributed by atoms with Gasteiger partial charge in [-0.1, -0.05) is 13.8 Å². The summed E-state index contributed by atoms with van der Waals surface area (Å²) in [5, 5.41) is 20.3. The zero-order chi connectivity index (χ0) is 15.0. The van der Waals surface area contributed by atoms with Crippen LogP contribution in [0.25, 0.3) is 0 Å². The van der Waals surface area contributed by atoms with E-state index in [0.29, 0.717) is 6.42 Å². The number of nitrogens with zero attached hydrogens (tertiary/aromatic N) is 1. The van der Waals surface area contributed by atoms with Gasteiger partial charge in [0.05, 0.1) is 13.0 Å². The smallest absolute Gasteiger partial charge is 0.320 e. The number of hydrogen-bond donors (Lipinski definition) is 3. The molecule has 0 spiro atoms. The molecule has 0 saturated carbocycles. The predicted molar refractivity (Wildman–Crippen MR) is 68.8 cm³/mol. The van der Waals surface area contributed by atoms with Gasteiger partial charge >= 0.3 is 11.9 Å². The molecule has 0 aliphatic carbocycles. The van der Waals surface area contributed by atoms with Crippen LogP contribution < -0.4 is 5.32 Å². The summed E-state index contributed by atoms with van der Waals surface area (Å²) in [4.78, 5) is 34.7. The minimum absolute atomic E-state index is 0.0342. The monoisotopic (exact) mass is 274 g/mol. The third kappa shape index (κ3) is 7.40. The van der Waals surface area contributed by atoms with Gasteiger partial charge in [-0.3, -0.25) is 19.3 Å². The lowest BCUT2D eigenvalue weighted by Crippen LogP contribution is -2.47. The maximum atomic E-state index is 11.4. The molecule has 0 rings (SSSR count). The molecule has 0 bridgehead atoms. The van der Waals surface area contributed by atoms with Crippen molar-refractivity contribution in [2.24, 2.45) is 5.92 Å². The summed E-state index contributed by atoms with van der Waals surface area (Å²) in [6, 6.07) is -0.850. The van der Waals surface area contributed by atoms with Crippen LogP contribution in [-0.4, -0.2) is 59.1 Å². The van der Waals surface area contributed by atoms with E-state index in [2.05, 4.69) is 5.32 Å². The number of carboxylic acid groups (broad SMARTS) is 2. The second-order valence-electron chi connectivity index (χ2n) is 4.77. The Hall–Kier alpha value is -1.63. The topological polar surface area (TPSA) is 107 Å². The third-order valence-electron chi connectivity index (χ3n) is 2.66. The highest BCUT2D eigenvalue weighted by molar-refractivity contribution is 5.79. The number of amides is 1.